The van der Waals surface area contributed by atoms with Crippen LogP contribution in [0.3, 0.4) is 0 Å². The molecular weight excluding hydrogens is 246 g/mol. The summed E-state index contributed by atoms with van der Waals surface area (Å²) in [4.78, 5) is 2.13. The van der Waals surface area contributed by atoms with E-state index in [1.165, 1.54) is 44.2 Å². The maximum atomic E-state index is 6.53. The van der Waals surface area contributed by atoms with Crippen LogP contribution >= 0.6 is 0 Å². The van der Waals surface area contributed by atoms with Crippen LogP contribution in [0.15, 0.2) is 24.3 Å². The fourth-order valence-corrected chi connectivity index (χ4v) is 5.22. The molecule has 108 valence electrons. The molecule has 0 heterocycles. The van der Waals surface area contributed by atoms with Crippen molar-refractivity contribution in [1.29, 1.82) is 0 Å². The Morgan fingerprint density at radius 1 is 0.900 bits per heavy atom. The molecule has 0 aliphatic heterocycles. The Kier molecular flexibility index (Phi) is 2.77. The summed E-state index contributed by atoms with van der Waals surface area (Å²) in [6, 6.07) is 8.62. The van der Waals surface area contributed by atoms with E-state index in [0.717, 1.165) is 23.5 Å². The van der Waals surface area contributed by atoms with Crippen LogP contribution in [0.1, 0.15) is 38.5 Å². The van der Waals surface area contributed by atoms with Gasteiger partial charge in [0.2, 0.25) is 0 Å². The predicted octanol–water partition coefficient (Wildman–Crippen LogP) is 4.10. The normalized spacial score (nSPS) is 38.0. The van der Waals surface area contributed by atoms with Crippen molar-refractivity contribution in [3.8, 4) is 5.75 Å². The zero-order chi connectivity index (χ0) is 13.7. The Morgan fingerprint density at radius 3 is 1.85 bits per heavy atom. The van der Waals surface area contributed by atoms with E-state index < -0.39 is 0 Å². The van der Waals surface area contributed by atoms with Crippen LogP contribution in [-0.4, -0.2) is 19.7 Å². The molecule has 1 aromatic carbocycles. The van der Waals surface area contributed by atoms with Crippen molar-refractivity contribution in [3.05, 3.63) is 24.3 Å². The van der Waals surface area contributed by atoms with Gasteiger partial charge in [-0.15, -0.1) is 0 Å². The van der Waals surface area contributed by atoms with Crippen molar-refractivity contribution < 1.29 is 4.74 Å². The molecule has 2 nitrogen and oxygen atoms in total. The number of hydrogen-bond donors (Lipinski definition) is 0. The molecule has 0 unspecified atom stereocenters. The van der Waals surface area contributed by atoms with Gasteiger partial charge in [-0.05, 0) is 80.5 Å². The molecule has 4 aliphatic rings. The molecule has 0 amide bonds. The molecule has 4 fully saturated rings. The zero-order valence-electron chi connectivity index (χ0n) is 12.6. The smallest absolute Gasteiger partial charge is 0.120 e. The first kappa shape index (κ1) is 12.6. The van der Waals surface area contributed by atoms with E-state index in [9.17, 15) is 0 Å². The van der Waals surface area contributed by atoms with Gasteiger partial charge in [-0.2, -0.15) is 0 Å². The lowest BCUT2D eigenvalue weighted by Gasteiger charge is -2.56. The largest absolute Gasteiger partial charge is 0.487 e. The number of nitrogens with zero attached hydrogens (tertiary/aromatic N) is 1. The van der Waals surface area contributed by atoms with E-state index >= 15 is 0 Å². The number of benzene rings is 1. The van der Waals surface area contributed by atoms with Gasteiger partial charge < -0.3 is 9.64 Å². The Hall–Kier alpha value is -1.18. The average molecular weight is 271 g/mol. The van der Waals surface area contributed by atoms with E-state index in [2.05, 4.69) is 43.3 Å². The van der Waals surface area contributed by atoms with Crippen molar-refractivity contribution >= 4 is 5.69 Å². The van der Waals surface area contributed by atoms with Gasteiger partial charge in [-0.25, -0.2) is 0 Å². The van der Waals surface area contributed by atoms with Crippen LogP contribution < -0.4 is 9.64 Å². The zero-order valence-corrected chi connectivity index (χ0v) is 12.6. The molecule has 0 saturated heterocycles. The highest BCUT2D eigenvalue weighted by Crippen LogP contribution is 2.57. The second-order valence-electron chi connectivity index (χ2n) is 7.59. The van der Waals surface area contributed by atoms with Crippen molar-refractivity contribution in [2.45, 2.75) is 44.1 Å². The van der Waals surface area contributed by atoms with Gasteiger partial charge in [0.1, 0.15) is 11.4 Å². The minimum absolute atomic E-state index is 0.175. The van der Waals surface area contributed by atoms with E-state index in [4.69, 9.17) is 4.74 Å². The molecule has 4 aliphatic carbocycles. The van der Waals surface area contributed by atoms with Crippen molar-refractivity contribution in [3.63, 3.8) is 0 Å². The van der Waals surface area contributed by atoms with Gasteiger partial charge in [0.05, 0.1) is 0 Å². The molecule has 20 heavy (non-hydrogen) atoms. The van der Waals surface area contributed by atoms with Gasteiger partial charge in [-0.3, -0.25) is 0 Å². The van der Waals surface area contributed by atoms with E-state index in [1.54, 1.807) is 0 Å². The molecule has 0 radical (unpaired) electrons. The summed E-state index contributed by atoms with van der Waals surface area (Å²) in [5.41, 5.74) is 1.41. The Balaban J connectivity index is 1.53. The summed E-state index contributed by atoms with van der Waals surface area (Å²) >= 11 is 0. The van der Waals surface area contributed by atoms with E-state index in [0.29, 0.717) is 0 Å². The SMILES string of the molecule is CN(C)c1ccc(OC23CC4CC(CC(C4)C2)C3)cc1. The Morgan fingerprint density at radius 2 is 1.40 bits per heavy atom. The topological polar surface area (TPSA) is 12.5 Å². The van der Waals surface area contributed by atoms with Crippen molar-refractivity contribution in [1.82, 2.24) is 0 Å². The van der Waals surface area contributed by atoms with Crippen LogP contribution in [0.25, 0.3) is 0 Å². The summed E-state index contributed by atoms with van der Waals surface area (Å²) in [5.74, 6) is 3.91. The monoisotopic (exact) mass is 271 g/mol. The fourth-order valence-electron chi connectivity index (χ4n) is 5.22. The molecule has 0 atom stereocenters. The first-order chi connectivity index (χ1) is 9.62. The Bertz CT molecular complexity index is 455. The number of rotatable bonds is 3. The summed E-state index contributed by atoms with van der Waals surface area (Å²) in [6.45, 7) is 0. The third-order valence-corrected chi connectivity index (χ3v) is 5.67. The number of anilines is 1. The quantitative estimate of drug-likeness (QED) is 0.820. The molecule has 4 bridgehead atoms. The number of hydrogen-bond acceptors (Lipinski definition) is 2. The molecule has 4 saturated carbocycles. The second kappa shape index (κ2) is 4.41. The van der Waals surface area contributed by atoms with Gasteiger partial charge in [0.15, 0.2) is 0 Å². The molecule has 5 rings (SSSR count). The highest BCUT2D eigenvalue weighted by molar-refractivity contribution is 5.47. The van der Waals surface area contributed by atoms with Gasteiger partial charge >= 0.3 is 0 Å². The van der Waals surface area contributed by atoms with E-state index in [1.807, 2.05) is 0 Å². The lowest BCUT2D eigenvalue weighted by molar-refractivity contribution is -0.107. The third-order valence-electron chi connectivity index (χ3n) is 5.67. The first-order valence-electron chi connectivity index (χ1n) is 8.08. The van der Waals surface area contributed by atoms with Gasteiger partial charge in [0.25, 0.3) is 0 Å². The molecular formula is C18H25NO. The summed E-state index contributed by atoms with van der Waals surface area (Å²) in [6.07, 6.45) is 8.32. The maximum Gasteiger partial charge on any atom is 0.120 e. The minimum Gasteiger partial charge on any atom is -0.487 e. The first-order valence-corrected chi connectivity index (χ1v) is 8.08. The molecule has 0 aromatic heterocycles. The summed E-state index contributed by atoms with van der Waals surface area (Å²) < 4.78 is 6.53. The van der Waals surface area contributed by atoms with E-state index in [-0.39, 0.29) is 5.60 Å². The predicted molar refractivity (Wildman–Crippen MR) is 82.3 cm³/mol. The lowest BCUT2D eigenvalue weighted by Crippen LogP contribution is -2.53. The number of ether oxygens (including phenoxy) is 1. The highest BCUT2D eigenvalue weighted by Gasteiger charge is 2.52. The Labute approximate surface area is 122 Å². The second-order valence-corrected chi connectivity index (χ2v) is 7.59. The highest BCUT2D eigenvalue weighted by atomic mass is 16.5. The fraction of sp³-hybridized carbons (Fsp3) is 0.667. The van der Waals surface area contributed by atoms with Crippen molar-refractivity contribution in [2.24, 2.45) is 17.8 Å². The van der Waals surface area contributed by atoms with Crippen molar-refractivity contribution in [2.75, 3.05) is 19.0 Å². The lowest BCUT2D eigenvalue weighted by atomic mass is 9.54. The standard InChI is InChI=1S/C18H25NO/c1-19(2)16-3-5-17(6-4-16)20-18-10-13-7-14(11-18)9-15(8-13)12-18/h3-6,13-15H,7-12H2,1-2H3. The minimum atomic E-state index is 0.175. The molecule has 2 heteroatoms. The van der Waals surface area contributed by atoms with Crippen LogP contribution in [0, 0.1) is 17.8 Å². The van der Waals surface area contributed by atoms with Crippen LogP contribution in [-0.2, 0) is 0 Å². The third kappa shape index (κ3) is 2.10. The molecule has 1 aromatic rings. The summed E-state index contributed by atoms with van der Waals surface area (Å²) in [7, 11) is 4.16. The van der Waals surface area contributed by atoms with Gasteiger partial charge in [-0.1, -0.05) is 0 Å². The van der Waals surface area contributed by atoms with Gasteiger partial charge in [0, 0.05) is 19.8 Å². The summed E-state index contributed by atoms with van der Waals surface area (Å²) in [5, 5.41) is 0. The van der Waals surface area contributed by atoms with Crippen LogP contribution in [0.4, 0.5) is 5.69 Å². The molecule has 0 spiro atoms. The average Bonchev–Trinajstić information content (AvgIpc) is 2.37. The maximum absolute atomic E-state index is 6.53. The van der Waals surface area contributed by atoms with Crippen LogP contribution in [0.2, 0.25) is 0 Å². The van der Waals surface area contributed by atoms with Crippen LogP contribution in [0.5, 0.6) is 5.75 Å². The molecule has 0 N–H and O–H groups in total.